The van der Waals surface area contributed by atoms with Crippen molar-refractivity contribution in [3.05, 3.63) is 70.8 Å². The van der Waals surface area contributed by atoms with Gasteiger partial charge in [0.1, 0.15) is 0 Å². The number of piperazine rings is 1. The number of hydrogen-bond acceptors (Lipinski definition) is 2. The molecule has 3 rings (SSSR count). The van der Waals surface area contributed by atoms with Crippen LogP contribution in [0.15, 0.2) is 48.5 Å². The van der Waals surface area contributed by atoms with Crippen LogP contribution in [0.4, 0.5) is 0 Å². The minimum atomic E-state index is 0.171. The number of rotatable bonds is 4. The number of aryl methyl sites for hydroxylation is 2. The molecule has 3 nitrogen and oxygen atoms in total. The molecule has 0 N–H and O–H groups in total. The van der Waals surface area contributed by atoms with Gasteiger partial charge in [-0.25, -0.2) is 0 Å². The molecular weight excluding hydrogens is 296 g/mol. The topological polar surface area (TPSA) is 23.6 Å². The first-order valence-corrected chi connectivity index (χ1v) is 8.76. The molecule has 0 unspecified atom stereocenters. The summed E-state index contributed by atoms with van der Waals surface area (Å²) in [6.45, 7) is 8.72. The van der Waals surface area contributed by atoms with E-state index in [4.69, 9.17) is 0 Å². The zero-order valence-corrected chi connectivity index (χ0v) is 14.7. The maximum absolute atomic E-state index is 12.7. The molecule has 0 aliphatic carbocycles. The summed E-state index contributed by atoms with van der Waals surface area (Å²) in [7, 11) is 0. The number of carbonyl (C=O) groups is 1. The average molecular weight is 322 g/mol. The Kier molecular flexibility index (Phi) is 5.31. The fourth-order valence-corrected chi connectivity index (χ4v) is 3.39. The first-order valence-electron chi connectivity index (χ1n) is 8.76. The second-order valence-corrected chi connectivity index (χ2v) is 6.75. The fourth-order valence-electron chi connectivity index (χ4n) is 3.39. The molecule has 1 fully saturated rings. The maximum Gasteiger partial charge on any atom is 0.253 e. The van der Waals surface area contributed by atoms with Gasteiger partial charge >= 0.3 is 0 Å². The molecule has 1 amide bonds. The molecule has 2 aromatic carbocycles. The van der Waals surface area contributed by atoms with E-state index in [1.54, 1.807) is 0 Å². The molecule has 0 spiro atoms. The quantitative estimate of drug-likeness (QED) is 0.862. The normalized spacial score (nSPS) is 15.5. The van der Waals surface area contributed by atoms with Crippen LogP contribution in [0.5, 0.6) is 0 Å². The van der Waals surface area contributed by atoms with Gasteiger partial charge in [0.25, 0.3) is 5.91 Å². The molecule has 126 valence electrons. The van der Waals surface area contributed by atoms with E-state index in [0.29, 0.717) is 0 Å². The summed E-state index contributed by atoms with van der Waals surface area (Å²) in [5.74, 6) is 0.171. The second-order valence-electron chi connectivity index (χ2n) is 6.75. The Bertz CT molecular complexity index is 668. The Morgan fingerprint density at radius 1 is 0.917 bits per heavy atom. The highest BCUT2D eigenvalue weighted by Gasteiger charge is 2.22. The molecule has 0 atom stereocenters. The summed E-state index contributed by atoms with van der Waals surface area (Å²) in [5.41, 5.74) is 4.51. The van der Waals surface area contributed by atoms with Gasteiger partial charge < -0.3 is 4.90 Å². The van der Waals surface area contributed by atoms with E-state index in [2.05, 4.69) is 41.3 Å². The van der Waals surface area contributed by atoms with E-state index < -0.39 is 0 Å². The lowest BCUT2D eigenvalue weighted by Gasteiger charge is -2.35. The Balaban J connectivity index is 1.52. The lowest BCUT2D eigenvalue weighted by Crippen LogP contribution is -2.49. The Hall–Kier alpha value is -2.13. The highest BCUT2D eigenvalue weighted by atomic mass is 16.2. The standard InChI is InChI=1S/C21H26N2O/c1-17-14-18(2)16-20(15-17)21(24)23-12-10-22(11-13-23)9-8-19-6-4-3-5-7-19/h3-7,14-16H,8-13H2,1-2H3. The number of hydrogen-bond donors (Lipinski definition) is 0. The first kappa shape index (κ1) is 16.7. The Morgan fingerprint density at radius 2 is 1.54 bits per heavy atom. The minimum absolute atomic E-state index is 0.171. The summed E-state index contributed by atoms with van der Waals surface area (Å²) >= 11 is 0. The maximum atomic E-state index is 12.7. The van der Waals surface area contributed by atoms with Crippen LogP contribution < -0.4 is 0 Å². The third kappa shape index (κ3) is 4.24. The number of carbonyl (C=O) groups excluding carboxylic acids is 1. The van der Waals surface area contributed by atoms with Gasteiger partial charge in [-0.2, -0.15) is 0 Å². The summed E-state index contributed by atoms with van der Waals surface area (Å²) in [5, 5.41) is 0. The molecule has 1 aliphatic rings. The van der Waals surface area contributed by atoms with Crippen molar-refractivity contribution in [1.29, 1.82) is 0 Å². The van der Waals surface area contributed by atoms with Crippen LogP contribution in [0, 0.1) is 13.8 Å². The zero-order chi connectivity index (χ0) is 16.9. The van der Waals surface area contributed by atoms with Crippen LogP contribution in [0.1, 0.15) is 27.0 Å². The number of nitrogens with zero attached hydrogens (tertiary/aromatic N) is 2. The van der Waals surface area contributed by atoms with E-state index in [1.807, 2.05) is 30.9 Å². The molecule has 0 aromatic heterocycles. The SMILES string of the molecule is Cc1cc(C)cc(C(=O)N2CCN(CCc3ccccc3)CC2)c1. The highest BCUT2D eigenvalue weighted by molar-refractivity contribution is 5.94. The summed E-state index contributed by atoms with van der Waals surface area (Å²) in [6.07, 6.45) is 1.08. The molecule has 3 heteroatoms. The lowest BCUT2D eigenvalue weighted by molar-refractivity contribution is 0.0638. The lowest BCUT2D eigenvalue weighted by atomic mass is 10.1. The third-order valence-electron chi connectivity index (χ3n) is 4.69. The van der Waals surface area contributed by atoms with Crippen molar-refractivity contribution in [3.63, 3.8) is 0 Å². The van der Waals surface area contributed by atoms with Crippen molar-refractivity contribution >= 4 is 5.91 Å². The van der Waals surface area contributed by atoms with Crippen molar-refractivity contribution in [2.24, 2.45) is 0 Å². The smallest absolute Gasteiger partial charge is 0.253 e. The van der Waals surface area contributed by atoms with Crippen molar-refractivity contribution in [2.45, 2.75) is 20.3 Å². The molecule has 2 aromatic rings. The van der Waals surface area contributed by atoms with Gasteiger partial charge in [0.05, 0.1) is 0 Å². The van der Waals surface area contributed by atoms with Gasteiger partial charge in [-0.15, -0.1) is 0 Å². The van der Waals surface area contributed by atoms with Gasteiger partial charge in [0.15, 0.2) is 0 Å². The van der Waals surface area contributed by atoms with Crippen molar-refractivity contribution in [3.8, 4) is 0 Å². The second kappa shape index (κ2) is 7.63. The number of amides is 1. The predicted octanol–water partition coefficient (Wildman–Crippen LogP) is 3.30. The zero-order valence-electron chi connectivity index (χ0n) is 14.7. The number of benzene rings is 2. The van der Waals surface area contributed by atoms with E-state index in [1.165, 1.54) is 5.56 Å². The van der Waals surface area contributed by atoms with Crippen molar-refractivity contribution < 1.29 is 4.79 Å². The molecule has 1 aliphatic heterocycles. The summed E-state index contributed by atoms with van der Waals surface area (Å²) in [6, 6.07) is 16.7. The Labute approximate surface area is 144 Å². The Morgan fingerprint density at radius 3 is 2.17 bits per heavy atom. The van der Waals surface area contributed by atoms with E-state index in [0.717, 1.165) is 55.8 Å². The van der Waals surface area contributed by atoms with Gasteiger partial charge in [0.2, 0.25) is 0 Å². The van der Waals surface area contributed by atoms with Gasteiger partial charge in [-0.05, 0) is 38.0 Å². The fraction of sp³-hybridized carbons (Fsp3) is 0.381. The van der Waals surface area contributed by atoms with E-state index >= 15 is 0 Å². The van der Waals surface area contributed by atoms with Crippen LogP contribution in [-0.2, 0) is 6.42 Å². The van der Waals surface area contributed by atoms with E-state index in [9.17, 15) is 4.79 Å². The first-order chi connectivity index (χ1) is 11.6. The van der Waals surface area contributed by atoms with Crippen molar-refractivity contribution in [1.82, 2.24) is 9.80 Å². The molecule has 24 heavy (non-hydrogen) atoms. The molecular formula is C21H26N2O. The molecule has 0 saturated carbocycles. The predicted molar refractivity (Wildman–Crippen MR) is 98.4 cm³/mol. The molecule has 1 saturated heterocycles. The van der Waals surface area contributed by atoms with Crippen LogP contribution in [0.3, 0.4) is 0 Å². The third-order valence-corrected chi connectivity index (χ3v) is 4.69. The van der Waals surface area contributed by atoms with Crippen LogP contribution >= 0.6 is 0 Å². The highest BCUT2D eigenvalue weighted by Crippen LogP contribution is 2.13. The van der Waals surface area contributed by atoms with E-state index in [-0.39, 0.29) is 5.91 Å². The monoisotopic (exact) mass is 322 g/mol. The summed E-state index contributed by atoms with van der Waals surface area (Å²) < 4.78 is 0. The average Bonchev–Trinajstić information content (AvgIpc) is 2.60. The van der Waals surface area contributed by atoms with Crippen molar-refractivity contribution in [2.75, 3.05) is 32.7 Å². The van der Waals surface area contributed by atoms with Crippen LogP contribution in [0.2, 0.25) is 0 Å². The molecule has 0 radical (unpaired) electrons. The molecule has 0 bridgehead atoms. The largest absolute Gasteiger partial charge is 0.336 e. The van der Waals surface area contributed by atoms with Gasteiger partial charge in [-0.1, -0.05) is 47.5 Å². The van der Waals surface area contributed by atoms with Crippen LogP contribution in [-0.4, -0.2) is 48.4 Å². The van der Waals surface area contributed by atoms with Gasteiger partial charge in [-0.3, -0.25) is 9.69 Å². The summed E-state index contributed by atoms with van der Waals surface area (Å²) in [4.78, 5) is 17.1. The molecule has 1 heterocycles. The minimum Gasteiger partial charge on any atom is -0.336 e. The van der Waals surface area contributed by atoms with Gasteiger partial charge in [0, 0.05) is 38.3 Å². The van der Waals surface area contributed by atoms with Crippen LogP contribution in [0.25, 0.3) is 0 Å².